The van der Waals surface area contributed by atoms with E-state index in [0.29, 0.717) is 0 Å². The van der Waals surface area contributed by atoms with Gasteiger partial charge in [0.2, 0.25) is 0 Å². The Hall–Kier alpha value is -2.08. The predicted molar refractivity (Wildman–Crippen MR) is 137 cm³/mol. The molecule has 1 fully saturated rings. The maximum Gasteiger partial charge on any atom is 0.138 e. The molecule has 2 heterocycles. The highest BCUT2D eigenvalue weighted by Crippen LogP contribution is 2.25. The monoisotopic (exact) mass is 453 g/mol. The number of anilines is 1. The van der Waals surface area contributed by atoms with E-state index in [2.05, 4.69) is 57.8 Å². The maximum absolute atomic E-state index is 6.13. The molecular weight excluding hydrogens is 418 g/mol. The molecule has 3 aromatic rings. The van der Waals surface area contributed by atoms with Gasteiger partial charge in [0, 0.05) is 42.5 Å². The molecule has 6 heteroatoms. The van der Waals surface area contributed by atoms with Crippen LogP contribution in [0.2, 0.25) is 5.02 Å². The van der Waals surface area contributed by atoms with Crippen LogP contribution >= 0.6 is 11.6 Å². The first-order chi connectivity index (χ1) is 15.7. The number of halogens is 1. The lowest BCUT2D eigenvalue weighted by atomic mass is 10.1. The van der Waals surface area contributed by atoms with E-state index in [1.807, 2.05) is 18.2 Å². The number of nitrogens with zero attached hydrogens (tertiary/aromatic N) is 4. The quantitative estimate of drug-likeness (QED) is 0.438. The van der Waals surface area contributed by atoms with Gasteiger partial charge in [-0.2, -0.15) is 0 Å². The van der Waals surface area contributed by atoms with Gasteiger partial charge in [0.25, 0.3) is 0 Å². The first-order valence-corrected chi connectivity index (χ1v) is 12.5. The number of aromatic amines is 1. The van der Waals surface area contributed by atoms with Gasteiger partial charge in [-0.3, -0.25) is 0 Å². The molecule has 1 saturated heterocycles. The highest BCUT2D eigenvalue weighted by atomic mass is 35.5. The number of H-pyrrole nitrogens is 1. The van der Waals surface area contributed by atoms with Crippen LogP contribution in [-0.2, 0) is 0 Å². The molecule has 32 heavy (non-hydrogen) atoms. The van der Waals surface area contributed by atoms with E-state index in [-0.39, 0.29) is 0 Å². The third-order valence-corrected chi connectivity index (χ3v) is 6.90. The van der Waals surface area contributed by atoms with E-state index in [9.17, 15) is 0 Å². The van der Waals surface area contributed by atoms with Gasteiger partial charge >= 0.3 is 0 Å². The Morgan fingerprint density at radius 1 is 0.938 bits per heavy atom. The van der Waals surface area contributed by atoms with Gasteiger partial charge in [0.1, 0.15) is 5.82 Å². The average molecular weight is 454 g/mol. The molecule has 0 bridgehead atoms. The number of nitrogens with one attached hydrogen (secondary N) is 1. The summed E-state index contributed by atoms with van der Waals surface area (Å²) in [4.78, 5) is 15.8. The fourth-order valence-electron chi connectivity index (χ4n) is 4.57. The Labute approximate surface area is 197 Å². The van der Waals surface area contributed by atoms with Crippen molar-refractivity contribution >= 4 is 28.3 Å². The van der Waals surface area contributed by atoms with Gasteiger partial charge in [-0.15, -0.1) is 0 Å². The van der Waals surface area contributed by atoms with Crippen LogP contribution in [0.4, 0.5) is 5.69 Å². The molecule has 0 spiro atoms. The smallest absolute Gasteiger partial charge is 0.138 e. The molecule has 0 saturated carbocycles. The number of hydrogen-bond acceptors (Lipinski definition) is 4. The molecule has 0 radical (unpaired) electrons. The largest absolute Gasteiger partial charge is 0.369 e. The van der Waals surface area contributed by atoms with Gasteiger partial charge in [-0.05, 0) is 81.5 Å². The zero-order valence-corrected chi connectivity index (χ0v) is 20.2. The van der Waals surface area contributed by atoms with Crippen LogP contribution in [-0.4, -0.2) is 72.1 Å². The van der Waals surface area contributed by atoms with Gasteiger partial charge in [0.05, 0.1) is 11.0 Å². The van der Waals surface area contributed by atoms with Crippen molar-refractivity contribution in [2.75, 3.05) is 57.3 Å². The van der Waals surface area contributed by atoms with Crippen LogP contribution < -0.4 is 4.90 Å². The summed E-state index contributed by atoms with van der Waals surface area (Å²) in [7, 11) is 0. The van der Waals surface area contributed by atoms with Crippen molar-refractivity contribution in [2.45, 2.75) is 33.1 Å². The summed E-state index contributed by atoms with van der Waals surface area (Å²) in [6, 6.07) is 14.6. The summed E-state index contributed by atoms with van der Waals surface area (Å²) < 4.78 is 0. The topological polar surface area (TPSA) is 38.4 Å². The molecule has 0 amide bonds. The van der Waals surface area contributed by atoms with E-state index in [1.54, 1.807) is 0 Å². The van der Waals surface area contributed by atoms with Crippen molar-refractivity contribution in [3.63, 3.8) is 0 Å². The van der Waals surface area contributed by atoms with Crippen molar-refractivity contribution in [3.05, 3.63) is 47.5 Å². The number of fused-ring (bicyclic) bond motifs is 1. The Balaban J connectivity index is 1.48. The first kappa shape index (κ1) is 23.1. The van der Waals surface area contributed by atoms with Crippen LogP contribution in [0.1, 0.15) is 33.1 Å². The fourth-order valence-corrected chi connectivity index (χ4v) is 4.74. The summed E-state index contributed by atoms with van der Waals surface area (Å²) in [6.45, 7) is 13.6. The zero-order valence-electron chi connectivity index (χ0n) is 19.5. The molecule has 1 N–H and O–H groups in total. The molecular formula is C26H36ClN5. The number of likely N-dealkylation sites (tertiary alicyclic amines) is 1. The van der Waals surface area contributed by atoms with Crippen molar-refractivity contribution in [1.29, 1.82) is 0 Å². The van der Waals surface area contributed by atoms with Crippen LogP contribution in [0.15, 0.2) is 42.5 Å². The van der Waals surface area contributed by atoms with Gasteiger partial charge in [0.15, 0.2) is 0 Å². The van der Waals surface area contributed by atoms with E-state index in [1.165, 1.54) is 38.0 Å². The number of piperidine rings is 1. The highest BCUT2D eigenvalue weighted by Gasteiger charge is 2.14. The Morgan fingerprint density at radius 2 is 1.69 bits per heavy atom. The number of aromatic nitrogens is 2. The maximum atomic E-state index is 6.13. The molecule has 5 nitrogen and oxygen atoms in total. The third-order valence-electron chi connectivity index (χ3n) is 6.67. The Kier molecular flexibility index (Phi) is 8.06. The normalized spacial score (nSPS) is 15.0. The number of rotatable bonds is 10. The van der Waals surface area contributed by atoms with Crippen LogP contribution in [0.5, 0.6) is 0 Å². The second kappa shape index (κ2) is 11.2. The third kappa shape index (κ3) is 5.83. The molecule has 1 aromatic heterocycles. The number of likely N-dealkylation sites (N-methyl/N-ethyl adjacent to an activating group) is 1. The van der Waals surface area contributed by atoms with Crippen molar-refractivity contribution in [2.24, 2.45) is 0 Å². The summed E-state index contributed by atoms with van der Waals surface area (Å²) >= 11 is 6.13. The highest BCUT2D eigenvalue weighted by molar-refractivity contribution is 6.31. The molecule has 0 atom stereocenters. The molecule has 172 valence electrons. The number of hydrogen-bond donors (Lipinski definition) is 1. The Morgan fingerprint density at radius 3 is 2.41 bits per heavy atom. The van der Waals surface area contributed by atoms with E-state index in [0.717, 1.165) is 66.7 Å². The number of benzene rings is 2. The van der Waals surface area contributed by atoms with Crippen molar-refractivity contribution in [1.82, 2.24) is 19.8 Å². The van der Waals surface area contributed by atoms with E-state index in [4.69, 9.17) is 16.6 Å². The molecule has 0 unspecified atom stereocenters. The minimum Gasteiger partial charge on any atom is -0.369 e. The Bertz CT molecular complexity index is 974. The summed E-state index contributed by atoms with van der Waals surface area (Å²) in [5.41, 5.74) is 4.30. The average Bonchev–Trinajstić information content (AvgIpc) is 3.25. The second-order valence-corrected chi connectivity index (χ2v) is 9.15. The van der Waals surface area contributed by atoms with Gasteiger partial charge < -0.3 is 19.7 Å². The van der Waals surface area contributed by atoms with E-state index >= 15 is 0 Å². The molecule has 1 aliphatic rings. The van der Waals surface area contributed by atoms with Crippen LogP contribution in [0.25, 0.3) is 22.4 Å². The fraction of sp³-hybridized carbons (Fsp3) is 0.500. The van der Waals surface area contributed by atoms with Crippen LogP contribution in [0.3, 0.4) is 0 Å². The second-order valence-electron chi connectivity index (χ2n) is 8.71. The summed E-state index contributed by atoms with van der Waals surface area (Å²) in [5.74, 6) is 0.886. The summed E-state index contributed by atoms with van der Waals surface area (Å²) in [5, 5.41) is 0.723. The SMILES string of the molecule is CCN(CC)CCN(CCN1CCCCC1)c1ccc(-c2nc3ccc(Cl)cc3[nH]2)cc1. The lowest BCUT2D eigenvalue weighted by Gasteiger charge is -2.32. The van der Waals surface area contributed by atoms with Crippen molar-refractivity contribution in [3.8, 4) is 11.4 Å². The zero-order chi connectivity index (χ0) is 22.3. The lowest BCUT2D eigenvalue weighted by Crippen LogP contribution is -2.41. The van der Waals surface area contributed by atoms with Crippen molar-refractivity contribution < 1.29 is 0 Å². The predicted octanol–water partition coefficient (Wildman–Crippen LogP) is 5.52. The minimum atomic E-state index is 0.723. The lowest BCUT2D eigenvalue weighted by molar-refractivity contribution is 0.231. The van der Waals surface area contributed by atoms with Crippen LogP contribution in [0, 0.1) is 0 Å². The van der Waals surface area contributed by atoms with E-state index < -0.39 is 0 Å². The number of imidazole rings is 1. The molecule has 0 aliphatic carbocycles. The molecule has 1 aliphatic heterocycles. The minimum absolute atomic E-state index is 0.723. The first-order valence-electron chi connectivity index (χ1n) is 12.1. The van der Waals surface area contributed by atoms with Gasteiger partial charge in [-0.1, -0.05) is 31.9 Å². The molecule has 4 rings (SSSR count). The summed E-state index contributed by atoms with van der Waals surface area (Å²) in [6.07, 6.45) is 4.07. The molecule has 2 aromatic carbocycles. The van der Waals surface area contributed by atoms with Gasteiger partial charge in [-0.25, -0.2) is 4.98 Å². The standard InChI is InChI=1S/C26H36ClN5/c1-3-30(4-2)16-18-32(19-17-31-14-6-5-7-15-31)23-11-8-21(9-12-23)26-28-24-13-10-22(27)20-25(24)29-26/h8-13,20H,3-7,14-19H2,1-2H3,(H,28,29).